The summed E-state index contributed by atoms with van der Waals surface area (Å²) in [7, 11) is 0.151. The van der Waals surface area contributed by atoms with Crippen LogP contribution in [0.15, 0.2) is 36.5 Å². The van der Waals surface area contributed by atoms with Crippen molar-refractivity contribution < 1.29 is 8.42 Å². The number of halogens is 3. The molecule has 14 heteroatoms. The van der Waals surface area contributed by atoms with E-state index in [4.69, 9.17) is 34.8 Å². The Hall–Kier alpha value is -2.54. The molecule has 44 heavy (non-hydrogen) atoms. The number of benzene rings is 2. The minimum absolute atomic E-state index is 0.247. The van der Waals surface area contributed by atoms with Crippen molar-refractivity contribution in [1.82, 2.24) is 19.8 Å². The summed E-state index contributed by atoms with van der Waals surface area (Å²) in [6.07, 6.45) is 6.11. The number of aromatic nitrogens is 2. The van der Waals surface area contributed by atoms with E-state index in [9.17, 15) is 8.42 Å². The first-order chi connectivity index (χ1) is 20.9. The van der Waals surface area contributed by atoms with Gasteiger partial charge < -0.3 is 20.4 Å². The number of hydrogen-bond donors (Lipinski definition) is 2. The Kier molecular flexibility index (Phi) is 10.3. The van der Waals surface area contributed by atoms with Gasteiger partial charge in [0.1, 0.15) is 5.02 Å². The molecular formula is C30H39Cl3N8O2S. The van der Waals surface area contributed by atoms with Crippen LogP contribution in [0.3, 0.4) is 0 Å². The lowest BCUT2D eigenvalue weighted by Gasteiger charge is -2.39. The highest BCUT2D eigenvalue weighted by molar-refractivity contribution is 7.92. The van der Waals surface area contributed by atoms with Gasteiger partial charge in [-0.05, 0) is 82.2 Å². The molecule has 3 heterocycles. The maximum Gasteiger partial charge on any atom is 0.232 e. The third-order valence-electron chi connectivity index (χ3n) is 8.40. The van der Waals surface area contributed by atoms with Crippen LogP contribution in [-0.2, 0) is 10.0 Å². The number of hydrogen-bond acceptors (Lipinski definition) is 9. The molecule has 0 radical (unpaired) electrons. The second kappa shape index (κ2) is 13.8. The molecule has 0 unspecified atom stereocenters. The highest BCUT2D eigenvalue weighted by Gasteiger charge is 2.27. The van der Waals surface area contributed by atoms with Crippen LogP contribution >= 0.6 is 34.8 Å². The Balaban J connectivity index is 1.29. The SMILES string of the molecule is Cc1cc(Nc2ncc(Cl)c(Nc3cc(Cl)ccc3N(C)S(C)(=O)=O)n2)c(Cl)cc1N1CCC(N2CCCN(C)CC2)CC1. The zero-order chi connectivity index (χ0) is 31.6. The van der Waals surface area contributed by atoms with Crippen LogP contribution in [0.25, 0.3) is 0 Å². The zero-order valence-corrected chi connectivity index (χ0v) is 28.5. The van der Waals surface area contributed by atoms with Gasteiger partial charge >= 0.3 is 0 Å². The topological polar surface area (TPSA) is 96.9 Å². The lowest BCUT2D eigenvalue weighted by Crippen LogP contribution is -2.46. The highest BCUT2D eigenvalue weighted by Crippen LogP contribution is 2.36. The Morgan fingerprint density at radius 2 is 1.68 bits per heavy atom. The third-order valence-corrected chi connectivity index (χ3v) is 10.4. The summed E-state index contributed by atoms with van der Waals surface area (Å²) in [5.41, 5.74) is 3.72. The first kappa shape index (κ1) is 32.8. The molecule has 1 aromatic heterocycles. The highest BCUT2D eigenvalue weighted by atomic mass is 35.5. The van der Waals surface area contributed by atoms with Crippen LogP contribution in [0.2, 0.25) is 15.1 Å². The van der Waals surface area contributed by atoms with Crippen LogP contribution in [0.1, 0.15) is 24.8 Å². The fraction of sp³-hybridized carbons (Fsp3) is 0.467. The molecule has 0 saturated carbocycles. The van der Waals surface area contributed by atoms with E-state index in [1.807, 2.05) is 12.1 Å². The average molecular weight is 682 g/mol. The van der Waals surface area contributed by atoms with Crippen molar-refractivity contribution in [3.8, 4) is 0 Å². The molecule has 10 nitrogen and oxygen atoms in total. The predicted octanol–water partition coefficient (Wildman–Crippen LogP) is 6.23. The van der Waals surface area contributed by atoms with Crippen LogP contribution in [0.5, 0.6) is 0 Å². The second-order valence-electron chi connectivity index (χ2n) is 11.6. The van der Waals surface area contributed by atoms with Gasteiger partial charge in [-0.1, -0.05) is 34.8 Å². The summed E-state index contributed by atoms with van der Waals surface area (Å²) in [5.74, 6) is 0.549. The number of nitrogens with one attached hydrogen (secondary N) is 2. The quantitative estimate of drug-likeness (QED) is 0.287. The molecule has 0 amide bonds. The minimum atomic E-state index is -3.52. The number of anilines is 6. The van der Waals surface area contributed by atoms with Crippen LogP contribution < -0.4 is 19.8 Å². The van der Waals surface area contributed by atoms with E-state index in [1.165, 1.54) is 32.8 Å². The van der Waals surface area contributed by atoms with Crippen molar-refractivity contribution in [1.29, 1.82) is 0 Å². The fourth-order valence-corrected chi connectivity index (χ4v) is 6.87. The summed E-state index contributed by atoms with van der Waals surface area (Å²) >= 11 is 19.5. The molecule has 3 aromatic rings. The molecule has 2 fully saturated rings. The van der Waals surface area contributed by atoms with E-state index in [0.717, 1.165) is 60.8 Å². The largest absolute Gasteiger partial charge is 0.371 e. The first-order valence-electron chi connectivity index (χ1n) is 14.7. The Labute approximate surface area is 275 Å². The molecule has 0 bridgehead atoms. The van der Waals surface area contributed by atoms with E-state index >= 15 is 0 Å². The molecule has 2 aliphatic heterocycles. The molecule has 2 saturated heterocycles. The molecule has 2 aliphatic rings. The zero-order valence-electron chi connectivity index (χ0n) is 25.4. The first-order valence-corrected chi connectivity index (χ1v) is 17.6. The molecule has 0 atom stereocenters. The van der Waals surface area contributed by atoms with Gasteiger partial charge in [-0.25, -0.2) is 13.4 Å². The van der Waals surface area contributed by atoms with Gasteiger partial charge in [-0.3, -0.25) is 9.21 Å². The number of nitrogens with zero attached hydrogens (tertiary/aromatic N) is 6. The molecule has 0 aliphatic carbocycles. The molecule has 238 valence electrons. The van der Waals surface area contributed by atoms with Gasteiger partial charge in [0.25, 0.3) is 0 Å². The van der Waals surface area contributed by atoms with Crippen molar-refractivity contribution in [3.05, 3.63) is 57.2 Å². The molecule has 5 rings (SSSR count). The Morgan fingerprint density at radius 1 is 0.932 bits per heavy atom. The van der Waals surface area contributed by atoms with Crippen molar-refractivity contribution >= 4 is 79.3 Å². The lowest BCUT2D eigenvalue weighted by atomic mass is 10.0. The summed E-state index contributed by atoms with van der Waals surface area (Å²) in [6.45, 7) is 8.73. The minimum Gasteiger partial charge on any atom is -0.371 e. The summed E-state index contributed by atoms with van der Waals surface area (Å²) in [4.78, 5) is 16.4. The third kappa shape index (κ3) is 7.81. The summed E-state index contributed by atoms with van der Waals surface area (Å²) < 4.78 is 25.6. The lowest BCUT2D eigenvalue weighted by molar-refractivity contribution is 0.174. The maximum atomic E-state index is 12.2. The van der Waals surface area contributed by atoms with Gasteiger partial charge in [0.2, 0.25) is 16.0 Å². The Morgan fingerprint density at radius 3 is 2.41 bits per heavy atom. The summed E-state index contributed by atoms with van der Waals surface area (Å²) in [5, 5.41) is 7.55. The normalized spacial score (nSPS) is 17.4. The standard InChI is InChI=1S/C30H39Cl3N8O2S/c1-20-16-25(23(32)18-28(20)41-12-8-22(9-13-41)40-11-5-10-38(2)14-15-40)36-30-34-19-24(33)29(37-30)35-26-17-21(31)6-7-27(26)39(3)44(4,42)43/h6-7,16-19,22H,5,8-15H2,1-4H3,(H2,34,35,36,37). The van der Waals surface area contributed by atoms with Gasteiger partial charge in [-0.2, -0.15) is 4.98 Å². The molecular weight excluding hydrogens is 643 g/mol. The van der Waals surface area contributed by atoms with Crippen molar-refractivity contribution in [2.75, 3.05) is 79.5 Å². The van der Waals surface area contributed by atoms with Crippen LogP contribution in [-0.4, -0.2) is 93.8 Å². The number of aryl methyl sites for hydroxylation is 1. The number of likely N-dealkylation sites (N-methyl/N-ethyl adjacent to an activating group) is 1. The van der Waals surface area contributed by atoms with Crippen molar-refractivity contribution in [2.45, 2.75) is 32.2 Å². The Bertz CT molecular complexity index is 1600. The fourth-order valence-electron chi connectivity index (χ4n) is 5.84. The van der Waals surface area contributed by atoms with Crippen LogP contribution in [0.4, 0.5) is 34.5 Å². The van der Waals surface area contributed by atoms with E-state index < -0.39 is 10.0 Å². The molecule has 0 spiro atoms. The van der Waals surface area contributed by atoms with E-state index in [1.54, 1.807) is 18.2 Å². The average Bonchev–Trinajstić information content (AvgIpc) is 3.20. The van der Waals surface area contributed by atoms with E-state index in [-0.39, 0.29) is 16.8 Å². The monoisotopic (exact) mass is 680 g/mol. The predicted molar refractivity (Wildman–Crippen MR) is 183 cm³/mol. The second-order valence-corrected chi connectivity index (χ2v) is 14.8. The number of rotatable bonds is 8. The van der Waals surface area contributed by atoms with Crippen LogP contribution in [0, 0.1) is 6.92 Å². The van der Waals surface area contributed by atoms with Gasteiger partial charge in [0, 0.05) is 50.0 Å². The smallest absolute Gasteiger partial charge is 0.232 e. The van der Waals surface area contributed by atoms with Crippen molar-refractivity contribution in [2.24, 2.45) is 0 Å². The van der Waals surface area contributed by atoms with Crippen molar-refractivity contribution in [3.63, 3.8) is 0 Å². The van der Waals surface area contributed by atoms with E-state index in [0.29, 0.717) is 33.1 Å². The maximum absolute atomic E-state index is 12.2. The van der Waals surface area contributed by atoms with Gasteiger partial charge in [0.15, 0.2) is 5.82 Å². The van der Waals surface area contributed by atoms with E-state index in [2.05, 4.69) is 49.3 Å². The number of piperidine rings is 1. The van der Waals surface area contributed by atoms with Gasteiger partial charge in [0.05, 0.1) is 34.5 Å². The molecule has 2 aromatic carbocycles. The molecule has 2 N–H and O–H groups in total. The summed E-state index contributed by atoms with van der Waals surface area (Å²) in [6, 6.07) is 9.49. The van der Waals surface area contributed by atoms with Gasteiger partial charge in [-0.15, -0.1) is 0 Å². The number of sulfonamides is 1.